The summed E-state index contributed by atoms with van der Waals surface area (Å²) in [6.07, 6.45) is -8.75. The first-order valence-electron chi connectivity index (χ1n) is 13.2. The van der Waals surface area contributed by atoms with Gasteiger partial charge in [0.2, 0.25) is 5.89 Å². The molecule has 0 fully saturated rings. The highest BCUT2D eigenvalue weighted by Crippen LogP contribution is 2.33. The molecule has 1 amide bonds. The zero-order valence-corrected chi connectivity index (χ0v) is 22.9. The van der Waals surface area contributed by atoms with E-state index in [9.17, 15) is 36.2 Å². The van der Waals surface area contributed by atoms with Gasteiger partial charge in [-0.1, -0.05) is 59.8 Å². The SMILES string of the molecule is Cc1noc([C@@H](Cc2ccc(-c3ccc(C(F)(F)F)cc3)cc2)NC(=O)c2cc(-c3ccc(C(F)(F)F)cc3)ccc2O)n1. The molecule has 0 bridgehead atoms. The number of rotatable bonds is 7. The Kier molecular flexibility index (Phi) is 8.18. The zero-order chi connectivity index (χ0) is 31.6. The first-order valence-corrected chi connectivity index (χ1v) is 13.2. The lowest BCUT2D eigenvalue weighted by Gasteiger charge is -2.17. The number of halogens is 6. The number of alkyl halides is 6. The Morgan fingerprint density at radius 1 is 0.773 bits per heavy atom. The van der Waals surface area contributed by atoms with E-state index < -0.39 is 35.4 Å². The maximum absolute atomic E-state index is 13.4. The van der Waals surface area contributed by atoms with Crippen LogP contribution in [0.2, 0.25) is 0 Å². The molecule has 0 aliphatic carbocycles. The highest BCUT2D eigenvalue weighted by molar-refractivity contribution is 5.98. The quantitative estimate of drug-likeness (QED) is 0.181. The molecule has 0 saturated carbocycles. The van der Waals surface area contributed by atoms with Gasteiger partial charge in [0.15, 0.2) is 5.82 Å². The summed E-state index contributed by atoms with van der Waals surface area (Å²) in [5.41, 5.74) is 1.12. The summed E-state index contributed by atoms with van der Waals surface area (Å²) >= 11 is 0. The Balaban J connectivity index is 1.36. The minimum absolute atomic E-state index is 0.0982. The molecule has 0 radical (unpaired) electrons. The second-order valence-electron chi connectivity index (χ2n) is 9.99. The number of aromatic hydroxyl groups is 1. The minimum atomic E-state index is -4.50. The van der Waals surface area contributed by atoms with E-state index in [2.05, 4.69) is 15.5 Å². The molecular formula is C32H23F6N3O3. The van der Waals surface area contributed by atoms with E-state index in [-0.39, 0.29) is 23.6 Å². The maximum Gasteiger partial charge on any atom is 0.416 e. The molecule has 4 aromatic carbocycles. The van der Waals surface area contributed by atoms with Gasteiger partial charge in [-0.25, -0.2) is 0 Å². The van der Waals surface area contributed by atoms with Gasteiger partial charge in [-0.15, -0.1) is 0 Å². The maximum atomic E-state index is 13.4. The molecule has 0 spiro atoms. The summed E-state index contributed by atoms with van der Waals surface area (Å²) in [7, 11) is 0. The molecule has 44 heavy (non-hydrogen) atoms. The first kappa shape index (κ1) is 30.3. The molecule has 1 heterocycles. The summed E-state index contributed by atoms with van der Waals surface area (Å²) < 4.78 is 83.0. The predicted octanol–water partition coefficient (Wildman–Crippen LogP) is 8.17. The molecule has 0 unspecified atom stereocenters. The van der Waals surface area contributed by atoms with E-state index in [1.54, 1.807) is 31.2 Å². The van der Waals surface area contributed by atoms with Crippen molar-refractivity contribution in [3.8, 4) is 28.0 Å². The van der Waals surface area contributed by atoms with Crippen LogP contribution in [0.15, 0.2) is 95.5 Å². The average molecular weight is 612 g/mol. The molecule has 226 valence electrons. The van der Waals surface area contributed by atoms with Crippen LogP contribution in [0, 0.1) is 6.92 Å². The monoisotopic (exact) mass is 611 g/mol. The van der Waals surface area contributed by atoms with Gasteiger partial charge in [-0.2, -0.15) is 31.3 Å². The van der Waals surface area contributed by atoms with Crippen molar-refractivity contribution in [3.63, 3.8) is 0 Å². The van der Waals surface area contributed by atoms with Crippen LogP contribution in [0.5, 0.6) is 5.75 Å². The van der Waals surface area contributed by atoms with Crippen molar-refractivity contribution in [3.05, 3.63) is 125 Å². The third kappa shape index (κ3) is 6.91. The normalized spacial score (nSPS) is 12.6. The third-order valence-corrected chi connectivity index (χ3v) is 6.87. The van der Waals surface area contributed by atoms with Crippen molar-refractivity contribution < 1.29 is 40.8 Å². The molecule has 5 aromatic rings. The lowest BCUT2D eigenvalue weighted by Crippen LogP contribution is -2.30. The van der Waals surface area contributed by atoms with Crippen molar-refractivity contribution in [1.29, 1.82) is 0 Å². The Morgan fingerprint density at radius 3 is 1.73 bits per heavy atom. The van der Waals surface area contributed by atoms with E-state index >= 15 is 0 Å². The van der Waals surface area contributed by atoms with E-state index in [0.717, 1.165) is 29.8 Å². The number of hydrogen-bond acceptors (Lipinski definition) is 5. The number of phenols is 1. The molecular weight excluding hydrogens is 588 g/mol. The Labute approximate surface area is 247 Å². The summed E-state index contributed by atoms with van der Waals surface area (Å²) in [4.78, 5) is 17.6. The minimum Gasteiger partial charge on any atom is -0.507 e. The van der Waals surface area contributed by atoms with E-state index in [1.807, 2.05) is 0 Å². The fourth-order valence-corrected chi connectivity index (χ4v) is 4.56. The van der Waals surface area contributed by atoms with Crippen molar-refractivity contribution in [2.75, 3.05) is 0 Å². The molecule has 1 aromatic heterocycles. The topological polar surface area (TPSA) is 88.2 Å². The number of hydrogen-bond donors (Lipinski definition) is 2. The fraction of sp³-hybridized carbons (Fsp3) is 0.156. The van der Waals surface area contributed by atoms with Gasteiger partial charge in [0.05, 0.1) is 16.7 Å². The molecule has 12 heteroatoms. The second kappa shape index (κ2) is 11.9. The van der Waals surface area contributed by atoms with Crippen molar-refractivity contribution in [1.82, 2.24) is 15.5 Å². The number of nitrogens with one attached hydrogen (secondary N) is 1. The van der Waals surface area contributed by atoms with Crippen LogP contribution in [-0.2, 0) is 18.8 Å². The highest BCUT2D eigenvalue weighted by atomic mass is 19.4. The number of amides is 1. The van der Waals surface area contributed by atoms with Crippen molar-refractivity contribution >= 4 is 5.91 Å². The molecule has 0 saturated heterocycles. The molecule has 0 aliphatic heterocycles. The number of aromatic nitrogens is 2. The number of carbonyl (C=O) groups excluding carboxylic acids is 1. The van der Waals surface area contributed by atoms with Crippen LogP contribution in [0.1, 0.15) is 44.8 Å². The van der Waals surface area contributed by atoms with Gasteiger partial charge in [-0.05, 0) is 71.1 Å². The Bertz CT molecular complexity index is 1760. The van der Waals surface area contributed by atoms with Crippen LogP contribution in [0.25, 0.3) is 22.3 Å². The van der Waals surface area contributed by atoms with Crippen LogP contribution in [-0.4, -0.2) is 21.2 Å². The van der Waals surface area contributed by atoms with Crippen molar-refractivity contribution in [2.45, 2.75) is 31.7 Å². The van der Waals surface area contributed by atoms with Gasteiger partial charge in [0.1, 0.15) is 11.8 Å². The zero-order valence-electron chi connectivity index (χ0n) is 22.9. The number of benzene rings is 4. The number of carbonyl (C=O) groups is 1. The molecule has 6 nitrogen and oxygen atoms in total. The number of aryl methyl sites for hydroxylation is 1. The van der Waals surface area contributed by atoms with Crippen LogP contribution in [0.3, 0.4) is 0 Å². The lowest BCUT2D eigenvalue weighted by molar-refractivity contribution is -0.138. The van der Waals surface area contributed by atoms with Gasteiger partial charge in [-0.3, -0.25) is 4.79 Å². The van der Waals surface area contributed by atoms with Gasteiger partial charge >= 0.3 is 12.4 Å². The molecule has 1 atom stereocenters. The van der Waals surface area contributed by atoms with Crippen LogP contribution < -0.4 is 5.32 Å². The van der Waals surface area contributed by atoms with Crippen LogP contribution in [0.4, 0.5) is 26.3 Å². The van der Waals surface area contributed by atoms with Crippen molar-refractivity contribution in [2.24, 2.45) is 0 Å². The van der Waals surface area contributed by atoms with Crippen LogP contribution >= 0.6 is 0 Å². The van der Waals surface area contributed by atoms with Gasteiger partial charge in [0, 0.05) is 6.42 Å². The summed E-state index contributed by atoms with van der Waals surface area (Å²) in [5.74, 6) is -0.622. The largest absolute Gasteiger partial charge is 0.507 e. The van der Waals surface area contributed by atoms with E-state index in [0.29, 0.717) is 28.1 Å². The third-order valence-electron chi connectivity index (χ3n) is 6.87. The molecule has 2 N–H and O–H groups in total. The number of phenolic OH excluding ortho intramolecular Hbond substituents is 1. The van der Waals surface area contributed by atoms with E-state index in [1.165, 1.54) is 42.5 Å². The van der Waals surface area contributed by atoms with Gasteiger partial charge < -0.3 is 14.9 Å². The predicted molar refractivity (Wildman–Crippen MR) is 148 cm³/mol. The summed E-state index contributed by atoms with van der Waals surface area (Å²) in [5, 5.41) is 17.0. The molecule has 0 aliphatic rings. The Morgan fingerprint density at radius 2 is 1.25 bits per heavy atom. The lowest BCUT2D eigenvalue weighted by atomic mass is 9.99. The van der Waals surface area contributed by atoms with Gasteiger partial charge in [0.25, 0.3) is 5.91 Å². The average Bonchev–Trinajstić information content (AvgIpc) is 3.43. The molecule has 5 rings (SSSR count). The summed E-state index contributed by atoms with van der Waals surface area (Å²) in [6.45, 7) is 1.60. The number of nitrogens with zero attached hydrogens (tertiary/aromatic N) is 2. The fourth-order valence-electron chi connectivity index (χ4n) is 4.56. The standard InChI is InChI=1S/C32H23F6N3O3/c1-18-39-30(44-41-18)27(16-19-2-4-20(5-3-19)21-6-11-24(12-7-21)31(33,34)35)40-29(43)26-17-23(10-15-28(26)42)22-8-13-25(14-9-22)32(36,37)38/h2-15,17,27,42H,16H2,1H3,(H,40,43)/t27-/m1/s1. The first-order chi connectivity index (χ1) is 20.8. The Hall–Kier alpha value is -5.13. The second-order valence-corrected chi connectivity index (χ2v) is 9.99. The van der Waals surface area contributed by atoms with E-state index in [4.69, 9.17) is 4.52 Å². The highest BCUT2D eigenvalue weighted by Gasteiger charge is 2.31. The smallest absolute Gasteiger partial charge is 0.416 e. The summed E-state index contributed by atoms with van der Waals surface area (Å²) in [6, 6.07) is 19.4.